The first-order valence-corrected chi connectivity index (χ1v) is 7.20. The summed E-state index contributed by atoms with van der Waals surface area (Å²) in [5.41, 5.74) is 5.65. The van der Waals surface area contributed by atoms with Crippen molar-refractivity contribution in [3.63, 3.8) is 0 Å². The van der Waals surface area contributed by atoms with Crippen molar-refractivity contribution in [2.45, 2.75) is 26.1 Å². The second-order valence-electron chi connectivity index (χ2n) is 5.76. The molecule has 0 aliphatic carbocycles. The van der Waals surface area contributed by atoms with Gasteiger partial charge in [0.1, 0.15) is 0 Å². The van der Waals surface area contributed by atoms with E-state index in [-0.39, 0.29) is 44.5 Å². The SMILES string of the molecule is CC(C)[C@H](N)C(=O)NCC(=O)N1CCN(CC(F)(F)F)CC1. The fraction of sp³-hybridized carbons (Fsp3) is 0.846. The van der Waals surface area contributed by atoms with Crippen LogP contribution < -0.4 is 11.1 Å². The molecule has 1 atom stereocenters. The normalized spacial score (nSPS) is 18.4. The number of rotatable bonds is 5. The quantitative estimate of drug-likeness (QED) is 0.734. The van der Waals surface area contributed by atoms with Gasteiger partial charge in [0.25, 0.3) is 0 Å². The summed E-state index contributed by atoms with van der Waals surface area (Å²) >= 11 is 0. The van der Waals surface area contributed by atoms with E-state index in [4.69, 9.17) is 5.73 Å². The molecule has 0 spiro atoms. The lowest BCUT2D eigenvalue weighted by Crippen LogP contribution is -2.54. The van der Waals surface area contributed by atoms with Crippen LogP contribution in [-0.2, 0) is 9.59 Å². The van der Waals surface area contributed by atoms with Crippen molar-refractivity contribution in [3.8, 4) is 0 Å². The molecule has 0 bridgehead atoms. The maximum Gasteiger partial charge on any atom is 0.401 e. The third-order valence-electron chi connectivity index (χ3n) is 3.56. The summed E-state index contributed by atoms with van der Waals surface area (Å²) in [5, 5.41) is 2.46. The third kappa shape index (κ3) is 6.18. The van der Waals surface area contributed by atoms with Crippen LogP contribution in [0, 0.1) is 5.92 Å². The van der Waals surface area contributed by atoms with Crippen molar-refractivity contribution in [2.24, 2.45) is 11.7 Å². The number of carbonyl (C=O) groups excluding carboxylic acids is 2. The number of alkyl halides is 3. The molecule has 6 nitrogen and oxygen atoms in total. The number of nitrogens with zero attached hydrogens (tertiary/aromatic N) is 2. The van der Waals surface area contributed by atoms with Crippen LogP contribution in [0.15, 0.2) is 0 Å². The Balaban J connectivity index is 2.33. The minimum absolute atomic E-state index is 0.0407. The monoisotopic (exact) mass is 324 g/mol. The van der Waals surface area contributed by atoms with Crippen molar-refractivity contribution < 1.29 is 22.8 Å². The third-order valence-corrected chi connectivity index (χ3v) is 3.56. The lowest BCUT2D eigenvalue weighted by atomic mass is 10.1. The molecular weight excluding hydrogens is 301 g/mol. The first-order valence-electron chi connectivity index (χ1n) is 7.20. The maximum absolute atomic E-state index is 12.3. The van der Waals surface area contributed by atoms with E-state index in [1.54, 1.807) is 13.8 Å². The predicted molar refractivity (Wildman–Crippen MR) is 74.9 cm³/mol. The number of hydrogen-bond acceptors (Lipinski definition) is 4. The van der Waals surface area contributed by atoms with E-state index >= 15 is 0 Å². The zero-order chi connectivity index (χ0) is 16.9. The zero-order valence-corrected chi connectivity index (χ0v) is 12.8. The standard InChI is InChI=1S/C13H23F3N4O2/c1-9(2)11(17)12(22)18-7-10(21)20-5-3-19(4-6-20)8-13(14,15)16/h9,11H,3-8,17H2,1-2H3,(H,18,22)/t11-/m0/s1. The Morgan fingerprint density at radius 2 is 1.73 bits per heavy atom. The Kier molecular flexibility index (Phi) is 6.61. The molecule has 128 valence electrons. The van der Waals surface area contributed by atoms with Crippen LogP contribution in [0.1, 0.15) is 13.8 Å². The van der Waals surface area contributed by atoms with Crippen molar-refractivity contribution in [1.82, 2.24) is 15.1 Å². The minimum atomic E-state index is -4.23. The fourth-order valence-electron chi connectivity index (χ4n) is 2.10. The Hall–Kier alpha value is -1.35. The minimum Gasteiger partial charge on any atom is -0.346 e. The molecule has 0 unspecified atom stereocenters. The van der Waals surface area contributed by atoms with Gasteiger partial charge >= 0.3 is 6.18 Å². The van der Waals surface area contributed by atoms with E-state index in [2.05, 4.69) is 5.32 Å². The summed E-state index contributed by atoms with van der Waals surface area (Å²) in [6.45, 7) is 3.24. The molecular formula is C13H23F3N4O2. The van der Waals surface area contributed by atoms with Gasteiger partial charge in [-0.05, 0) is 5.92 Å². The Morgan fingerprint density at radius 1 is 1.18 bits per heavy atom. The highest BCUT2D eigenvalue weighted by molar-refractivity contribution is 5.87. The van der Waals surface area contributed by atoms with Gasteiger partial charge < -0.3 is 16.0 Å². The average Bonchev–Trinajstić information content (AvgIpc) is 2.42. The number of nitrogens with two attached hydrogens (primary N) is 1. The first kappa shape index (κ1) is 18.7. The van der Waals surface area contributed by atoms with Crippen molar-refractivity contribution in [2.75, 3.05) is 39.3 Å². The molecule has 0 aromatic carbocycles. The summed E-state index contributed by atoms with van der Waals surface area (Å²) in [7, 11) is 0. The van der Waals surface area contributed by atoms with Gasteiger partial charge in [-0.3, -0.25) is 14.5 Å². The molecule has 0 aromatic heterocycles. The van der Waals surface area contributed by atoms with E-state index < -0.39 is 24.7 Å². The molecule has 1 saturated heterocycles. The molecule has 22 heavy (non-hydrogen) atoms. The lowest BCUT2D eigenvalue weighted by Gasteiger charge is -2.35. The van der Waals surface area contributed by atoms with E-state index in [1.807, 2.05) is 0 Å². The fourth-order valence-corrected chi connectivity index (χ4v) is 2.10. The van der Waals surface area contributed by atoms with E-state index in [9.17, 15) is 22.8 Å². The molecule has 1 heterocycles. The summed E-state index contributed by atoms with van der Waals surface area (Å²) in [6.07, 6.45) is -4.23. The second-order valence-corrected chi connectivity index (χ2v) is 5.76. The second kappa shape index (κ2) is 7.77. The van der Waals surface area contributed by atoms with Crippen LogP contribution in [0.4, 0.5) is 13.2 Å². The van der Waals surface area contributed by atoms with Crippen LogP contribution in [-0.4, -0.2) is 73.1 Å². The van der Waals surface area contributed by atoms with Gasteiger partial charge in [0.2, 0.25) is 11.8 Å². The number of carbonyl (C=O) groups is 2. The van der Waals surface area contributed by atoms with Crippen LogP contribution in [0.5, 0.6) is 0 Å². The molecule has 9 heteroatoms. The molecule has 1 aliphatic heterocycles. The summed E-state index contributed by atoms with van der Waals surface area (Å²) in [6, 6.07) is -0.684. The molecule has 2 amide bonds. The van der Waals surface area contributed by atoms with Crippen LogP contribution >= 0.6 is 0 Å². The zero-order valence-electron chi connectivity index (χ0n) is 12.8. The highest BCUT2D eigenvalue weighted by Crippen LogP contribution is 2.17. The van der Waals surface area contributed by atoms with Crippen LogP contribution in [0.3, 0.4) is 0 Å². The predicted octanol–water partition coefficient (Wildman–Crippen LogP) is -0.208. The molecule has 1 aliphatic rings. The van der Waals surface area contributed by atoms with Gasteiger partial charge in [0, 0.05) is 26.2 Å². The van der Waals surface area contributed by atoms with Crippen molar-refractivity contribution in [1.29, 1.82) is 0 Å². The Bertz CT molecular complexity index is 393. The van der Waals surface area contributed by atoms with Crippen molar-refractivity contribution >= 4 is 11.8 Å². The lowest BCUT2D eigenvalue weighted by molar-refractivity contribution is -0.151. The highest BCUT2D eigenvalue weighted by Gasteiger charge is 2.32. The summed E-state index contributed by atoms with van der Waals surface area (Å²) in [5.74, 6) is -0.754. The van der Waals surface area contributed by atoms with Gasteiger partial charge in [0.15, 0.2) is 0 Å². The number of nitrogens with one attached hydrogen (secondary N) is 1. The molecule has 1 rings (SSSR count). The smallest absolute Gasteiger partial charge is 0.346 e. The number of amides is 2. The molecule has 0 aromatic rings. The van der Waals surface area contributed by atoms with Crippen LogP contribution in [0.2, 0.25) is 0 Å². The molecule has 0 radical (unpaired) electrons. The Morgan fingerprint density at radius 3 is 2.18 bits per heavy atom. The van der Waals surface area contributed by atoms with E-state index in [1.165, 1.54) is 9.80 Å². The van der Waals surface area contributed by atoms with Gasteiger partial charge in [-0.25, -0.2) is 0 Å². The Labute approximate surface area is 127 Å². The summed E-state index contributed by atoms with van der Waals surface area (Å²) in [4.78, 5) is 26.3. The largest absolute Gasteiger partial charge is 0.401 e. The molecule has 3 N–H and O–H groups in total. The summed E-state index contributed by atoms with van der Waals surface area (Å²) < 4.78 is 36.8. The number of piperazine rings is 1. The average molecular weight is 324 g/mol. The van der Waals surface area contributed by atoms with Gasteiger partial charge in [-0.2, -0.15) is 13.2 Å². The van der Waals surface area contributed by atoms with E-state index in [0.717, 1.165) is 0 Å². The molecule has 0 saturated carbocycles. The number of hydrogen-bond donors (Lipinski definition) is 2. The highest BCUT2D eigenvalue weighted by atomic mass is 19.4. The maximum atomic E-state index is 12.3. The number of halogens is 3. The van der Waals surface area contributed by atoms with Crippen LogP contribution in [0.25, 0.3) is 0 Å². The topological polar surface area (TPSA) is 78.7 Å². The van der Waals surface area contributed by atoms with E-state index in [0.29, 0.717) is 0 Å². The van der Waals surface area contributed by atoms with Gasteiger partial charge in [-0.15, -0.1) is 0 Å². The van der Waals surface area contributed by atoms with Gasteiger partial charge in [-0.1, -0.05) is 13.8 Å². The first-order chi connectivity index (χ1) is 10.1. The van der Waals surface area contributed by atoms with Crippen molar-refractivity contribution in [3.05, 3.63) is 0 Å². The van der Waals surface area contributed by atoms with Gasteiger partial charge in [0.05, 0.1) is 19.1 Å². The molecule has 1 fully saturated rings.